The molecule has 1 fully saturated rings. The standard InChI is InChI=1S/C18H23N3O2/c1-14-5-3-4-6-15(14)13-23-16-7-10-21(11-8-16)17-18(22)20(2)12-9-19-17/h3-6,9,12,16H,7-8,10-11,13H2,1-2H3. The summed E-state index contributed by atoms with van der Waals surface area (Å²) in [5.41, 5.74) is 2.47. The topological polar surface area (TPSA) is 47.4 Å². The Labute approximate surface area is 136 Å². The van der Waals surface area contributed by atoms with Crippen molar-refractivity contribution >= 4 is 5.82 Å². The smallest absolute Gasteiger partial charge is 0.293 e. The summed E-state index contributed by atoms with van der Waals surface area (Å²) in [6.07, 6.45) is 5.46. The zero-order valence-corrected chi connectivity index (χ0v) is 13.7. The summed E-state index contributed by atoms with van der Waals surface area (Å²) in [5.74, 6) is 0.548. The Hall–Kier alpha value is -2.14. The van der Waals surface area contributed by atoms with Crippen molar-refractivity contribution in [1.82, 2.24) is 9.55 Å². The second-order valence-electron chi connectivity index (χ2n) is 6.09. The largest absolute Gasteiger partial charge is 0.373 e. The lowest BCUT2D eigenvalue weighted by Gasteiger charge is -2.32. The van der Waals surface area contributed by atoms with E-state index in [1.54, 1.807) is 24.0 Å². The Morgan fingerprint density at radius 2 is 2.00 bits per heavy atom. The van der Waals surface area contributed by atoms with Gasteiger partial charge in [-0.05, 0) is 30.9 Å². The van der Waals surface area contributed by atoms with Gasteiger partial charge in [-0.2, -0.15) is 0 Å². The minimum atomic E-state index is -0.0354. The Bertz CT molecular complexity index is 718. The summed E-state index contributed by atoms with van der Waals surface area (Å²) in [7, 11) is 1.76. The molecule has 1 aromatic heterocycles. The maximum atomic E-state index is 12.1. The number of hydrogen-bond donors (Lipinski definition) is 0. The molecule has 23 heavy (non-hydrogen) atoms. The summed E-state index contributed by atoms with van der Waals surface area (Å²) >= 11 is 0. The third kappa shape index (κ3) is 3.62. The van der Waals surface area contributed by atoms with Crippen molar-refractivity contribution in [2.45, 2.75) is 32.5 Å². The van der Waals surface area contributed by atoms with E-state index >= 15 is 0 Å². The summed E-state index contributed by atoms with van der Waals surface area (Å²) in [5, 5.41) is 0. The SMILES string of the molecule is Cc1ccccc1COC1CCN(c2nccn(C)c2=O)CC1. The third-order valence-corrected chi connectivity index (χ3v) is 4.48. The van der Waals surface area contributed by atoms with Crippen LogP contribution >= 0.6 is 0 Å². The second-order valence-corrected chi connectivity index (χ2v) is 6.09. The zero-order valence-electron chi connectivity index (χ0n) is 13.7. The van der Waals surface area contributed by atoms with Gasteiger partial charge in [0.25, 0.3) is 5.56 Å². The van der Waals surface area contributed by atoms with Gasteiger partial charge in [0, 0.05) is 32.5 Å². The molecule has 0 spiro atoms. The van der Waals surface area contributed by atoms with E-state index in [4.69, 9.17) is 4.74 Å². The number of rotatable bonds is 4. The molecule has 2 aromatic rings. The summed E-state index contributed by atoms with van der Waals surface area (Å²) < 4.78 is 7.63. The fourth-order valence-corrected chi connectivity index (χ4v) is 2.92. The molecule has 122 valence electrons. The van der Waals surface area contributed by atoms with Crippen LogP contribution in [-0.2, 0) is 18.4 Å². The minimum Gasteiger partial charge on any atom is -0.373 e. The summed E-state index contributed by atoms with van der Waals surface area (Å²) in [6, 6.07) is 8.32. The van der Waals surface area contributed by atoms with E-state index in [-0.39, 0.29) is 11.7 Å². The lowest BCUT2D eigenvalue weighted by atomic mass is 10.1. The van der Waals surface area contributed by atoms with Crippen molar-refractivity contribution in [1.29, 1.82) is 0 Å². The number of aromatic nitrogens is 2. The molecule has 0 N–H and O–H groups in total. The van der Waals surface area contributed by atoms with Gasteiger partial charge in [-0.15, -0.1) is 0 Å². The molecule has 3 rings (SSSR count). The zero-order chi connectivity index (χ0) is 16.2. The van der Waals surface area contributed by atoms with E-state index in [1.807, 2.05) is 12.1 Å². The normalized spacial score (nSPS) is 15.8. The molecule has 1 saturated heterocycles. The third-order valence-electron chi connectivity index (χ3n) is 4.48. The van der Waals surface area contributed by atoms with E-state index in [1.165, 1.54) is 11.1 Å². The van der Waals surface area contributed by atoms with Gasteiger partial charge in [0.1, 0.15) is 0 Å². The molecule has 0 amide bonds. The van der Waals surface area contributed by atoms with Crippen LogP contribution in [-0.4, -0.2) is 28.7 Å². The van der Waals surface area contributed by atoms with Gasteiger partial charge in [0.2, 0.25) is 0 Å². The lowest BCUT2D eigenvalue weighted by Crippen LogP contribution is -2.41. The number of anilines is 1. The van der Waals surface area contributed by atoms with Crippen LogP contribution < -0.4 is 10.5 Å². The number of benzene rings is 1. The first kappa shape index (κ1) is 15.7. The Kier molecular flexibility index (Phi) is 4.76. The molecule has 0 aliphatic carbocycles. The molecule has 5 nitrogen and oxygen atoms in total. The van der Waals surface area contributed by atoms with Crippen LogP contribution in [0.25, 0.3) is 0 Å². The Balaban J connectivity index is 1.55. The molecule has 0 radical (unpaired) electrons. The van der Waals surface area contributed by atoms with E-state index < -0.39 is 0 Å². The predicted octanol–water partition coefficient (Wildman–Crippen LogP) is 2.27. The number of aryl methyl sites for hydroxylation is 2. The highest BCUT2D eigenvalue weighted by Gasteiger charge is 2.22. The van der Waals surface area contributed by atoms with Crippen LogP contribution in [0.1, 0.15) is 24.0 Å². The first-order chi connectivity index (χ1) is 11.1. The fourth-order valence-electron chi connectivity index (χ4n) is 2.92. The highest BCUT2D eigenvalue weighted by Crippen LogP contribution is 2.19. The first-order valence-corrected chi connectivity index (χ1v) is 8.08. The van der Waals surface area contributed by atoms with Crippen molar-refractivity contribution in [3.05, 3.63) is 58.1 Å². The Morgan fingerprint density at radius 1 is 1.26 bits per heavy atom. The molecule has 0 saturated carbocycles. The average molecular weight is 313 g/mol. The van der Waals surface area contributed by atoms with E-state index in [0.29, 0.717) is 12.4 Å². The van der Waals surface area contributed by atoms with Crippen LogP contribution in [0.4, 0.5) is 5.82 Å². The predicted molar refractivity (Wildman–Crippen MR) is 90.7 cm³/mol. The van der Waals surface area contributed by atoms with Crippen molar-refractivity contribution in [2.24, 2.45) is 7.05 Å². The number of ether oxygens (including phenoxy) is 1. The Morgan fingerprint density at radius 3 is 2.74 bits per heavy atom. The quantitative estimate of drug-likeness (QED) is 0.869. The van der Waals surface area contributed by atoms with E-state index in [0.717, 1.165) is 25.9 Å². The van der Waals surface area contributed by atoms with E-state index in [9.17, 15) is 4.79 Å². The van der Waals surface area contributed by atoms with Gasteiger partial charge < -0.3 is 14.2 Å². The molecule has 0 unspecified atom stereocenters. The number of nitrogens with zero attached hydrogens (tertiary/aromatic N) is 3. The molecule has 1 aromatic carbocycles. The number of hydrogen-bond acceptors (Lipinski definition) is 4. The monoisotopic (exact) mass is 313 g/mol. The highest BCUT2D eigenvalue weighted by molar-refractivity contribution is 5.36. The first-order valence-electron chi connectivity index (χ1n) is 8.08. The average Bonchev–Trinajstić information content (AvgIpc) is 2.57. The van der Waals surface area contributed by atoms with Crippen LogP contribution in [0.3, 0.4) is 0 Å². The molecule has 0 atom stereocenters. The van der Waals surface area contributed by atoms with Gasteiger partial charge in [0.05, 0.1) is 12.7 Å². The van der Waals surface area contributed by atoms with Crippen LogP contribution in [0.5, 0.6) is 0 Å². The molecular formula is C18H23N3O2. The van der Waals surface area contributed by atoms with Crippen molar-refractivity contribution in [3.63, 3.8) is 0 Å². The fraction of sp³-hybridized carbons (Fsp3) is 0.444. The molecule has 1 aliphatic heterocycles. The highest BCUT2D eigenvalue weighted by atomic mass is 16.5. The molecule has 1 aliphatic rings. The number of piperidine rings is 1. The van der Waals surface area contributed by atoms with Crippen LogP contribution in [0.15, 0.2) is 41.5 Å². The van der Waals surface area contributed by atoms with Gasteiger partial charge in [-0.1, -0.05) is 24.3 Å². The van der Waals surface area contributed by atoms with Gasteiger partial charge in [0.15, 0.2) is 5.82 Å². The summed E-state index contributed by atoms with van der Waals surface area (Å²) in [6.45, 7) is 4.39. The van der Waals surface area contributed by atoms with Crippen molar-refractivity contribution in [2.75, 3.05) is 18.0 Å². The second kappa shape index (κ2) is 6.96. The lowest BCUT2D eigenvalue weighted by molar-refractivity contribution is 0.0248. The summed E-state index contributed by atoms with van der Waals surface area (Å²) in [4.78, 5) is 18.4. The van der Waals surface area contributed by atoms with Crippen LogP contribution in [0, 0.1) is 6.92 Å². The van der Waals surface area contributed by atoms with Gasteiger partial charge >= 0.3 is 0 Å². The minimum absolute atomic E-state index is 0.0354. The van der Waals surface area contributed by atoms with Gasteiger partial charge in [-0.25, -0.2) is 4.98 Å². The molecule has 5 heteroatoms. The maximum Gasteiger partial charge on any atom is 0.293 e. The van der Waals surface area contributed by atoms with Gasteiger partial charge in [-0.3, -0.25) is 4.79 Å². The molecular weight excluding hydrogens is 290 g/mol. The van der Waals surface area contributed by atoms with Crippen LogP contribution in [0.2, 0.25) is 0 Å². The molecule has 2 heterocycles. The van der Waals surface area contributed by atoms with E-state index in [2.05, 4.69) is 28.9 Å². The van der Waals surface area contributed by atoms with Crippen molar-refractivity contribution in [3.8, 4) is 0 Å². The maximum absolute atomic E-state index is 12.1. The van der Waals surface area contributed by atoms with Crippen molar-refractivity contribution < 1.29 is 4.74 Å². The molecule has 0 bridgehead atoms.